The zero-order valence-corrected chi connectivity index (χ0v) is 14.9. The van der Waals surface area contributed by atoms with Gasteiger partial charge in [-0.3, -0.25) is 14.9 Å². The van der Waals surface area contributed by atoms with Gasteiger partial charge in [-0.2, -0.15) is 0 Å². The molecule has 0 aliphatic heterocycles. The predicted molar refractivity (Wildman–Crippen MR) is 97.8 cm³/mol. The molecule has 0 bridgehead atoms. The molecule has 0 aliphatic rings. The highest BCUT2D eigenvalue weighted by Crippen LogP contribution is 2.33. The van der Waals surface area contributed by atoms with Crippen molar-refractivity contribution in [2.75, 3.05) is 12.4 Å². The number of nitrogens with zero attached hydrogens (tertiary/aromatic N) is 2. The third-order valence-corrected chi connectivity index (χ3v) is 5.57. The summed E-state index contributed by atoms with van der Waals surface area (Å²) >= 11 is 2.83. The van der Waals surface area contributed by atoms with Crippen LogP contribution < -0.4 is 10.1 Å². The average Bonchev–Trinajstić information content (AvgIpc) is 3.24. The standard InChI is InChI=1S/C16H13N3O4S2/c1-9-14(25-16(17-9)13-4-3-7-24-13)15(20)18-11-8-10(19(21)22)5-6-12(11)23-2/h3-8H,1-2H3,(H,18,20). The Morgan fingerprint density at radius 3 is 2.80 bits per heavy atom. The molecular formula is C16H13N3O4S2. The topological polar surface area (TPSA) is 94.4 Å². The molecule has 0 saturated carbocycles. The van der Waals surface area contributed by atoms with Crippen LogP contribution in [0.5, 0.6) is 5.75 Å². The number of nitro groups is 1. The number of anilines is 1. The van der Waals surface area contributed by atoms with Gasteiger partial charge in [-0.1, -0.05) is 6.07 Å². The van der Waals surface area contributed by atoms with Gasteiger partial charge in [0.25, 0.3) is 11.6 Å². The van der Waals surface area contributed by atoms with E-state index in [1.807, 2.05) is 17.5 Å². The summed E-state index contributed by atoms with van der Waals surface area (Å²) < 4.78 is 5.16. The predicted octanol–water partition coefficient (Wildman–Crippen LogP) is 4.35. The number of rotatable bonds is 5. The Labute approximate surface area is 151 Å². The van der Waals surface area contributed by atoms with Crippen molar-refractivity contribution in [1.82, 2.24) is 4.98 Å². The largest absolute Gasteiger partial charge is 0.495 e. The Morgan fingerprint density at radius 2 is 2.16 bits per heavy atom. The molecule has 1 aromatic carbocycles. The monoisotopic (exact) mass is 375 g/mol. The van der Waals surface area contributed by atoms with E-state index in [1.54, 1.807) is 18.3 Å². The van der Waals surface area contributed by atoms with Crippen molar-refractivity contribution in [3.63, 3.8) is 0 Å². The molecule has 0 radical (unpaired) electrons. The van der Waals surface area contributed by atoms with E-state index in [0.29, 0.717) is 16.3 Å². The van der Waals surface area contributed by atoms with Crippen LogP contribution in [0.15, 0.2) is 35.7 Å². The number of carbonyl (C=O) groups is 1. The Kier molecular flexibility index (Phi) is 4.77. The first-order valence-electron chi connectivity index (χ1n) is 7.14. The van der Waals surface area contributed by atoms with Crippen molar-refractivity contribution in [2.24, 2.45) is 0 Å². The van der Waals surface area contributed by atoms with Crippen molar-refractivity contribution in [3.05, 3.63) is 56.4 Å². The summed E-state index contributed by atoms with van der Waals surface area (Å²) in [5, 5.41) is 16.3. The maximum Gasteiger partial charge on any atom is 0.271 e. The first-order valence-corrected chi connectivity index (χ1v) is 8.84. The third kappa shape index (κ3) is 3.52. The molecule has 2 heterocycles. The summed E-state index contributed by atoms with van der Waals surface area (Å²) in [6, 6.07) is 7.90. The summed E-state index contributed by atoms with van der Waals surface area (Å²) in [5.41, 5.74) is 0.721. The summed E-state index contributed by atoms with van der Waals surface area (Å²) in [6.07, 6.45) is 0. The molecule has 9 heteroatoms. The highest BCUT2D eigenvalue weighted by Gasteiger charge is 2.19. The second kappa shape index (κ2) is 6.99. The van der Waals surface area contributed by atoms with Crippen LogP contribution in [0.1, 0.15) is 15.4 Å². The molecule has 25 heavy (non-hydrogen) atoms. The lowest BCUT2D eigenvalue weighted by atomic mass is 10.2. The Balaban J connectivity index is 1.90. The minimum absolute atomic E-state index is 0.128. The van der Waals surface area contributed by atoms with Crippen molar-refractivity contribution < 1.29 is 14.5 Å². The number of aryl methyl sites for hydroxylation is 1. The summed E-state index contributed by atoms with van der Waals surface area (Å²) in [4.78, 5) is 28.9. The lowest BCUT2D eigenvalue weighted by Gasteiger charge is -2.09. The lowest BCUT2D eigenvalue weighted by Crippen LogP contribution is -2.12. The number of thiophene rings is 1. The Bertz CT molecular complexity index is 935. The lowest BCUT2D eigenvalue weighted by molar-refractivity contribution is -0.384. The maximum absolute atomic E-state index is 12.6. The van der Waals surface area contributed by atoms with Crippen LogP contribution in [0, 0.1) is 17.0 Å². The number of nitro benzene ring substituents is 1. The van der Waals surface area contributed by atoms with Crippen LogP contribution >= 0.6 is 22.7 Å². The first kappa shape index (κ1) is 17.1. The van der Waals surface area contributed by atoms with E-state index >= 15 is 0 Å². The minimum atomic E-state index is -0.526. The van der Waals surface area contributed by atoms with Gasteiger partial charge in [0, 0.05) is 12.1 Å². The second-order valence-electron chi connectivity index (χ2n) is 5.01. The van der Waals surface area contributed by atoms with Gasteiger partial charge in [0.15, 0.2) is 0 Å². The smallest absolute Gasteiger partial charge is 0.271 e. The Hall–Kier alpha value is -2.78. The third-order valence-electron chi connectivity index (χ3n) is 3.38. The van der Waals surface area contributed by atoms with Crippen molar-refractivity contribution in [2.45, 2.75) is 6.92 Å². The molecule has 0 aliphatic carbocycles. The number of nitrogens with one attached hydrogen (secondary N) is 1. The molecule has 3 aromatic rings. The quantitative estimate of drug-likeness (QED) is 0.528. The van der Waals surface area contributed by atoms with Crippen molar-refractivity contribution in [3.8, 4) is 15.6 Å². The molecule has 1 N–H and O–H groups in total. The van der Waals surface area contributed by atoms with Crippen LogP contribution in [0.3, 0.4) is 0 Å². The molecular weight excluding hydrogens is 362 g/mol. The number of hydrogen-bond donors (Lipinski definition) is 1. The highest BCUT2D eigenvalue weighted by molar-refractivity contribution is 7.22. The number of benzene rings is 1. The van der Waals surface area contributed by atoms with Gasteiger partial charge in [0.2, 0.25) is 0 Å². The normalized spacial score (nSPS) is 10.5. The number of aromatic nitrogens is 1. The van der Waals surface area contributed by atoms with Crippen LogP contribution in [-0.4, -0.2) is 22.9 Å². The molecule has 0 saturated heterocycles. The van der Waals surface area contributed by atoms with Crippen LogP contribution in [0.4, 0.5) is 11.4 Å². The van der Waals surface area contributed by atoms with Gasteiger partial charge < -0.3 is 10.1 Å². The van der Waals surface area contributed by atoms with Crippen LogP contribution in [-0.2, 0) is 0 Å². The van der Waals surface area contributed by atoms with Crippen molar-refractivity contribution in [1.29, 1.82) is 0 Å². The molecule has 1 amide bonds. The zero-order chi connectivity index (χ0) is 18.0. The van der Waals surface area contributed by atoms with Gasteiger partial charge in [0.05, 0.1) is 28.3 Å². The fourth-order valence-electron chi connectivity index (χ4n) is 2.20. The summed E-state index contributed by atoms with van der Waals surface area (Å²) in [5.74, 6) is -0.0313. The van der Waals surface area contributed by atoms with Crippen molar-refractivity contribution >= 4 is 40.0 Å². The zero-order valence-electron chi connectivity index (χ0n) is 13.3. The van der Waals surface area contributed by atoms with E-state index < -0.39 is 4.92 Å². The molecule has 0 unspecified atom stereocenters. The number of carbonyl (C=O) groups excluding carboxylic acids is 1. The van der Waals surface area contributed by atoms with Gasteiger partial charge in [-0.25, -0.2) is 4.98 Å². The fourth-order valence-corrected chi connectivity index (χ4v) is 3.96. The molecule has 0 atom stereocenters. The van der Waals surface area contributed by atoms with E-state index in [2.05, 4.69) is 10.3 Å². The number of methoxy groups -OCH3 is 1. The van der Waals surface area contributed by atoms with Crippen LogP contribution in [0.2, 0.25) is 0 Å². The molecule has 0 fully saturated rings. The van der Waals surface area contributed by atoms with E-state index in [4.69, 9.17) is 4.74 Å². The van der Waals surface area contributed by atoms with Gasteiger partial charge in [-0.05, 0) is 24.4 Å². The molecule has 128 valence electrons. The SMILES string of the molecule is COc1ccc([N+](=O)[O-])cc1NC(=O)c1sc(-c2cccs2)nc1C. The van der Waals surface area contributed by atoms with E-state index in [9.17, 15) is 14.9 Å². The molecule has 7 nitrogen and oxygen atoms in total. The fraction of sp³-hybridized carbons (Fsp3) is 0.125. The molecule has 0 spiro atoms. The number of ether oxygens (including phenoxy) is 1. The minimum Gasteiger partial charge on any atom is -0.495 e. The first-order chi connectivity index (χ1) is 12.0. The number of thiazole rings is 1. The van der Waals surface area contributed by atoms with E-state index in [0.717, 1.165) is 9.88 Å². The number of amides is 1. The number of hydrogen-bond acceptors (Lipinski definition) is 7. The summed E-state index contributed by atoms with van der Waals surface area (Å²) in [7, 11) is 1.43. The number of non-ortho nitro benzene ring substituents is 1. The van der Waals surface area contributed by atoms with E-state index in [1.165, 1.54) is 36.6 Å². The Morgan fingerprint density at radius 1 is 1.36 bits per heavy atom. The average molecular weight is 375 g/mol. The molecule has 3 rings (SSSR count). The summed E-state index contributed by atoms with van der Waals surface area (Å²) in [6.45, 7) is 1.76. The van der Waals surface area contributed by atoms with Gasteiger partial charge >= 0.3 is 0 Å². The van der Waals surface area contributed by atoms with Crippen LogP contribution in [0.25, 0.3) is 9.88 Å². The molecule has 2 aromatic heterocycles. The van der Waals surface area contributed by atoms with Gasteiger partial charge in [-0.15, -0.1) is 22.7 Å². The highest BCUT2D eigenvalue weighted by atomic mass is 32.1. The van der Waals surface area contributed by atoms with Gasteiger partial charge in [0.1, 0.15) is 15.6 Å². The van der Waals surface area contributed by atoms with E-state index in [-0.39, 0.29) is 17.3 Å². The maximum atomic E-state index is 12.6. The second-order valence-corrected chi connectivity index (χ2v) is 6.95.